The molecule has 0 amide bonds. The lowest BCUT2D eigenvalue weighted by Crippen LogP contribution is -2.08. The van der Waals surface area contributed by atoms with E-state index in [9.17, 15) is 8.42 Å². The molecule has 0 heterocycles. The minimum Gasteiger partial charge on any atom is -0.399 e. The summed E-state index contributed by atoms with van der Waals surface area (Å²) in [5.74, 6) is -0.146. The van der Waals surface area contributed by atoms with Crippen LogP contribution in [0.15, 0.2) is 60.0 Å². The third-order valence-corrected chi connectivity index (χ3v) is 4.55. The Morgan fingerprint density at radius 3 is 2.29 bits per heavy atom. The van der Waals surface area contributed by atoms with Crippen LogP contribution in [0.4, 0.5) is 22.7 Å². The van der Waals surface area contributed by atoms with Crippen LogP contribution in [0, 0.1) is 0 Å². The minimum absolute atomic E-state index is 0.146. The van der Waals surface area contributed by atoms with Crippen LogP contribution in [0.3, 0.4) is 0 Å². The van der Waals surface area contributed by atoms with Crippen LogP contribution in [0.5, 0.6) is 0 Å². The fourth-order valence-corrected chi connectivity index (χ4v) is 3.13. The van der Waals surface area contributed by atoms with E-state index < -0.39 is 9.84 Å². The van der Waals surface area contributed by atoms with Gasteiger partial charge in [0.1, 0.15) is 0 Å². The van der Waals surface area contributed by atoms with Gasteiger partial charge in [0, 0.05) is 17.1 Å². The third kappa shape index (κ3) is 3.55. The molecule has 0 bridgehead atoms. The predicted molar refractivity (Wildman–Crippen MR) is 87.2 cm³/mol. The number of hydrogen-bond donors (Lipinski definition) is 3. The summed E-state index contributed by atoms with van der Waals surface area (Å²) in [7, 11) is -3.48. The summed E-state index contributed by atoms with van der Waals surface area (Å²) in [5, 5.41) is 3.07. The molecule has 0 aliphatic rings. The Morgan fingerprint density at radius 1 is 1.05 bits per heavy atom. The molecule has 0 radical (unpaired) electrons. The highest BCUT2D eigenvalue weighted by Crippen LogP contribution is 2.28. The van der Waals surface area contributed by atoms with E-state index >= 15 is 0 Å². The molecule has 21 heavy (non-hydrogen) atoms. The summed E-state index contributed by atoms with van der Waals surface area (Å²) in [5.41, 5.74) is 13.6. The monoisotopic (exact) mass is 303 g/mol. The first kappa shape index (κ1) is 14.9. The standard InChI is InChI=1S/C15H17N3O2S/c1-2-9-21(19,20)15-10-12(17)5-8-14(15)18-13-6-3-11(16)4-7-13/h2-8,10,18H,1,9,16-17H2. The Labute approximate surface area is 124 Å². The molecule has 0 saturated carbocycles. The number of anilines is 4. The molecule has 2 aromatic rings. The molecular formula is C15H17N3O2S. The van der Waals surface area contributed by atoms with Gasteiger partial charge in [0.25, 0.3) is 0 Å². The topological polar surface area (TPSA) is 98.2 Å². The summed E-state index contributed by atoms with van der Waals surface area (Å²) < 4.78 is 24.5. The molecule has 0 spiro atoms. The number of benzene rings is 2. The maximum atomic E-state index is 12.3. The van der Waals surface area contributed by atoms with Crippen LogP contribution in [-0.2, 0) is 9.84 Å². The number of nitrogens with one attached hydrogen (secondary N) is 1. The Balaban J connectivity index is 2.44. The molecule has 0 aliphatic carbocycles. The highest BCUT2D eigenvalue weighted by atomic mass is 32.2. The molecule has 5 nitrogen and oxygen atoms in total. The van der Waals surface area contributed by atoms with E-state index in [1.807, 2.05) is 0 Å². The Hall–Kier alpha value is -2.47. The van der Waals surface area contributed by atoms with E-state index in [1.165, 1.54) is 12.1 Å². The number of sulfone groups is 1. The maximum absolute atomic E-state index is 12.3. The van der Waals surface area contributed by atoms with E-state index in [-0.39, 0.29) is 10.6 Å². The second-order valence-corrected chi connectivity index (χ2v) is 6.58. The summed E-state index contributed by atoms with van der Waals surface area (Å²) in [4.78, 5) is 0.152. The van der Waals surface area contributed by atoms with Crippen molar-refractivity contribution in [3.8, 4) is 0 Å². The van der Waals surface area contributed by atoms with Gasteiger partial charge in [-0.25, -0.2) is 8.42 Å². The zero-order chi connectivity index (χ0) is 15.5. The van der Waals surface area contributed by atoms with Gasteiger partial charge in [-0.2, -0.15) is 0 Å². The Morgan fingerprint density at radius 2 is 1.67 bits per heavy atom. The van der Waals surface area contributed by atoms with Crippen molar-refractivity contribution >= 4 is 32.6 Å². The van der Waals surface area contributed by atoms with Gasteiger partial charge < -0.3 is 16.8 Å². The second kappa shape index (κ2) is 5.88. The fourth-order valence-electron chi connectivity index (χ4n) is 1.87. The van der Waals surface area contributed by atoms with Gasteiger partial charge in [-0.1, -0.05) is 6.08 Å². The molecule has 0 unspecified atom stereocenters. The smallest absolute Gasteiger partial charge is 0.184 e. The molecule has 0 aromatic heterocycles. The molecule has 2 aromatic carbocycles. The average molecular weight is 303 g/mol. The lowest BCUT2D eigenvalue weighted by Gasteiger charge is -2.13. The number of nitrogens with two attached hydrogens (primary N) is 2. The predicted octanol–water partition coefficient (Wildman–Crippen LogP) is 2.55. The third-order valence-electron chi connectivity index (χ3n) is 2.87. The molecule has 2 rings (SSSR count). The summed E-state index contributed by atoms with van der Waals surface area (Å²) in [6.45, 7) is 3.47. The van der Waals surface area contributed by atoms with E-state index in [2.05, 4.69) is 11.9 Å². The lowest BCUT2D eigenvalue weighted by molar-refractivity contribution is 0.599. The van der Waals surface area contributed by atoms with Crippen molar-refractivity contribution in [3.05, 3.63) is 55.1 Å². The van der Waals surface area contributed by atoms with Crippen LogP contribution in [0.1, 0.15) is 0 Å². The van der Waals surface area contributed by atoms with Crippen molar-refractivity contribution < 1.29 is 8.42 Å². The van der Waals surface area contributed by atoms with E-state index in [1.54, 1.807) is 36.4 Å². The zero-order valence-electron chi connectivity index (χ0n) is 11.4. The van der Waals surface area contributed by atoms with Crippen molar-refractivity contribution in [1.29, 1.82) is 0 Å². The Kier molecular flexibility index (Phi) is 4.18. The van der Waals surface area contributed by atoms with Crippen LogP contribution < -0.4 is 16.8 Å². The lowest BCUT2D eigenvalue weighted by atomic mass is 10.2. The zero-order valence-corrected chi connectivity index (χ0v) is 12.2. The first-order valence-electron chi connectivity index (χ1n) is 6.28. The van der Waals surface area contributed by atoms with Gasteiger partial charge in [-0.15, -0.1) is 6.58 Å². The molecule has 5 N–H and O–H groups in total. The minimum atomic E-state index is -3.48. The average Bonchev–Trinajstić information content (AvgIpc) is 2.43. The van der Waals surface area contributed by atoms with Gasteiger partial charge in [-0.3, -0.25) is 0 Å². The van der Waals surface area contributed by atoms with Crippen LogP contribution >= 0.6 is 0 Å². The van der Waals surface area contributed by atoms with Crippen LogP contribution in [-0.4, -0.2) is 14.2 Å². The van der Waals surface area contributed by atoms with Gasteiger partial charge >= 0.3 is 0 Å². The highest BCUT2D eigenvalue weighted by molar-refractivity contribution is 7.91. The van der Waals surface area contributed by atoms with E-state index in [0.717, 1.165) is 5.69 Å². The van der Waals surface area contributed by atoms with Gasteiger partial charge in [-0.05, 0) is 42.5 Å². The van der Waals surface area contributed by atoms with Crippen LogP contribution in [0.2, 0.25) is 0 Å². The summed E-state index contributed by atoms with van der Waals surface area (Å²) >= 11 is 0. The van der Waals surface area contributed by atoms with Gasteiger partial charge in [0.05, 0.1) is 16.3 Å². The van der Waals surface area contributed by atoms with Crippen molar-refractivity contribution in [1.82, 2.24) is 0 Å². The molecule has 110 valence electrons. The molecule has 0 saturated heterocycles. The van der Waals surface area contributed by atoms with Crippen LogP contribution in [0.25, 0.3) is 0 Å². The van der Waals surface area contributed by atoms with E-state index in [4.69, 9.17) is 11.5 Å². The van der Waals surface area contributed by atoms with Crippen molar-refractivity contribution in [2.45, 2.75) is 4.90 Å². The first-order chi connectivity index (χ1) is 9.92. The molecule has 0 atom stereocenters. The summed E-state index contributed by atoms with van der Waals surface area (Å²) in [6, 6.07) is 11.7. The summed E-state index contributed by atoms with van der Waals surface area (Å²) in [6.07, 6.45) is 1.35. The molecule has 0 fully saturated rings. The largest absolute Gasteiger partial charge is 0.399 e. The van der Waals surface area contributed by atoms with Crippen molar-refractivity contribution in [3.63, 3.8) is 0 Å². The molecule has 0 aliphatic heterocycles. The van der Waals surface area contributed by atoms with Crippen molar-refractivity contribution in [2.75, 3.05) is 22.5 Å². The SMILES string of the molecule is C=CCS(=O)(=O)c1cc(N)ccc1Nc1ccc(N)cc1. The second-order valence-electron chi connectivity index (χ2n) is 4.57. The highest BCUT2D eigenvalue weighted by Gasteiger charge is 2.18. The molecular weight excluding hydrogens is 286 g/mol. The normalized spacial score (nSPS) is 11.0. The quantitative estimate of drug-likeness (QED) is 0.582. The van der Waals surface area contributed by atoms with Crippen molar-refractivity contribution in [2.24, 2.45) is 0 Å². The Bertz CT molecular complexity index is 753. The molecule has 6 heteroatoms. The number of rotatable bonds is 5. The fraction of sp³-hybridized carbons (Fsp3) is 0.0667. The van der Waals surface area contributed by atoms with Gasteiger partial charge in [0.2, 0.25) is 0 Å². The number of nitrogen functional groups attached to an aromatic ring is 2. The van der Waals surface area contributed by atoms with Gasteiger partial charge in [0.15, 0.2) is 9.84 Å². The first-order valence-corrected chi connectivity index (χ1v) is 7.93. The number of hydrogen-bond acceptors (Lipinski definition) is 5. The van der Waals surface area contributed by atoms with E-state index in [0.29, 0.717) is 17.1 Å². The maximum Gasteiger partial charge on any atom is 0.184 e.